The summed E-state index contributed by atoms with van der Waals surface area (Å²) in [5.74, 6) is 1.40. The SMILES string of the molecule is CCOc1cccc2sc(N3CCN(C(=O)c4ccc(S(=O)(=O)N5CC(C)CC(C)C5)cc4)CC3)nc12. The Morgan fingerprint density at radius 3 is 2.35 bits per heavy atom. The number of benzene rings is 2. The number of para-hydroxylation sites is 1. The summed E-state index contributed by atoms with van der Waals surface area (Å²) in [4.78, 5) is 22.3. The number of aromatic nitrogens is 1. The minimum atomic E-state index is -3.56. The minimum absolute atomic E-state index is 0.0771. The van der Waals surface area contributed by atoms with E-state index in [0.717, 1.165) is 27.5 Å². The van der Waals surface area contributed by atoms with Crippen molar-refractivity contribution in [2.75, 3.05) is 50.8 Å². The highest BCUT2D eigenvalue weighted by Crippen LogP contribution is 2.34. The molecule has 0 aliphatic carbocycles. The molecule has 0 spiro atoms. The summed E-state index contributed by atoms with van der Waals surface area (Å²) in [6.45, 7) is 10.4. The standard InChI is InChI=1S/C27H34N4O4S2/c1-4-35-23-6-5-7-24-25(23)28-27(36-24)30-14-12-29(13-15-30)26(32)21-8-10-22(11-9-21)37(33,34)31-17-19(2)16-20(3)18-31/h5-11,19-20H,4,12-18H2,1-3H3. The number of piperidine rings is 1. The zero-order valence-corrected chi connectivity index (χ0v) is 23.2. The summed E-state index contributed by atoms with van der Waals surface area (Å²) < 4.78 is 34.7. The maximum absolute atomic E-state index is 13.2. The van der Waals surface area contributed by atoms with Crippen molar-refractivity contribution in [1.29, 1.82) is 0 Å². The van der Waals surface area contributed by atoms with Crippen molar-refractivity contribution in [2.24, 2.45) is 11.8 Å². The van der Waals surface area contributed by atoms with Crippen LogP contribution in [0.25, 0.3) is 10.2 Å². The van der Waals surface area contributed by atoms with Crippen molar-refractivity contribution >= 4 is 42.6 Å². The largest absolute Gasteiger partial charge is 0.492 e. The normalized spacial score (nSPS) is 21.4. The highest BCUT2D eigenvalue weighted by Gasteiger charge is 2.32. The molecule has 2 aromatic carbocycles. The van der Waals surface area contributed by atoms with Gasteiger partial charge in [-0.2, -0.15) is 4.31 Å². The fourth-order valence-electron chi connectivity index (χ4n) is 5.32. The van der Waals surface area contributed by atoms with Gasteiger partial charge in [-0.1, -0.05) is 31.3 Å². The second kappa shape index (κ2) is 10.6. The van der Waals surface area contributed by atoms with Crippen LogP contribution in [0.1, 0.15) is 37.6 Å². The van der Waals surface area contributed by atoms with Crippen LogP contribution in [-0.2, 0) is 10.0 Å². The van der Waals surface area contributed by atoms with Crippen LogP contribution in [0, 0.1) is 11.8 Å². The Bertz CT molecular complexity index is 1350. The summed E-state index contributed by atoms with van der Waals surface area (Å²) in [6.07, 6.45) is 1.04. The molecule has 2 saturated heterocycles. The highest BCUT2D eigenvalue weighted by molar-refractivity contribution is 7.89. The third-order valence-corrected chi connectivity index (χ3v) is 10.0. The number of ether oxygens (including phenoxy) is 1. The molecule has 1 amide bonds. The van der Waals surface area contributed by atoms with Crippen LogP contribution in [-0.4, -0.2) is 74.4 Å². The fourth-order valence-corrected chi connectivity index (χ4v) is 8.04. The van der Waals surface area contributed by atoms with E-state index in [1.54, 1.807) is 39.9 Å². The van der Waals surface area contributed by atoms with E-state index >= 15 is 0 Å². The van der Waals surface area contributed by atoms with Gasteiger partial charge in [-0.3, -0.25) is 4.79 Å². The lowest BCUT2D eigenvalue weighted by Gasteiger charge is -2.35. The Hall–Kier alpha value is -2.69. The van der Waals surface area contributed by atoms with Gasteiger partial charge in [-0.25, -0.2) is 13.4 Å². The summed E-state index contributed by atoms with van der Waals surface area (Å²) in [5.41, 5.74) is 1.39. The first-order chi connectivity index (χ1) is 17.8. The van der Waals surface area contributed by atoms with Crippen LogP contribution in [0.15, 0.2) is 47.4 Å². The van der Waals surface area contributed by atoms with Gasteiger partial charge < -0.3 is 14.5 Å². The molecule has 2 fully saturated rings. The molecule has 8 nitrogen and oxygen atoms in total. The Balaban J connectivity index is 1.23. The number of hydrogen-bond donors (Lipinski definition) is 0. The van der Waals surface area contributed by atoms with E-state index in [2.05, 4.69) is 24.8 Å². The van der Waals surface area contributed by atoms with E-state index in [1.165, 1.54) is 0 Å². The molecular formula is C27H34N4O4S2. The fraction of sp³-hybridized carbons (Fsp3) is 0.481. The van der Waals surface area contributed by atoms with Gasteiger partial charge in [0.15, 0.2) is 5.13 Å². The predicted octanol–water partition coefficient (Wildman–Crippen LogP) is 4.32. The second-order valence-electron chi connectivity index (χ2n) is 10.1. The lowest BCUT2D eigenvalue weighted by atomic mass is 9.94. The first-order valence-electron chi connectivity index (χ1n) is 12.9. The number of sulfonamides is 1. The summed E-state index contributed by atoms with van der Waals surface area (Å²) in [7, 11) is -3.56. The third-order valence-electron chi connectivity index (χ3n) is 7.08. The maximum atomic E-state index is 13.2. The number of hydrogen-bond acceptors (Lipinski definition) is 7. The zero-order valence-electron chi connectivity index (χ0n) is 21.6. The first kappa shape index (κ1) is 25.9. The molecule has 0 radical (unpaired) electrons. The Kier molecular flexibility index (Phi) is 7.42. The van der Waals surface area contributed by atoms with Crippen molar-refractivity contribution in [2.45, 2.75) is 32.1 Å². The number of carbonyl (C=O) groups is 1. The molecule has 10 heteroatoms. The number of thiazole rings is 1. The van der Waals surface area contributed by atoms with E-state index in [4.69, 9.17) is 9.72 Å². The zero-order chi connectivity index (χ0) is 26.2. The van der Waals surface area contributed by atoms with Crippen LogP contribution >= 0.6 is 11.3 Å². The van der Waals surface area contributed by atoms with Crippen molar-refractivity contribution in [3.05, 3.63) is 48.0 Å². The molecule has 2 aliphatic rings. The van der Waals surface area contributed by atoms with Gasteiger partial charge in [0, 0.05) is 44.8 Å². The van der Waals surface area contributed by atoms with Gasteiger partial charge in [0.05, 0.1) is 16.2 Å². The molecule has 2 aliphatic heterocycles. The third kappa shape index (κ3) is 5.32. The van der Waals surface area contributed by atoms with Crippen molar-refractivity contribution in [1.82, 2.24) is 14.2 Å². The summed E-state index contributed by atoms with van der Waals surface area (Å²) in [5, 5.41) is 0.935. The molecule has 2 unspecified atom stereocenters. The summed E-state index contributed by atoms with van der Waals surface area (Å²) in [6, 6.07) is 12.4. The molecule has 198 valence electrons. The number of amides is 1. The summed E-state index contributed by atoms with van der Waals surface area (Å²) >= 11 is 1.64. The van der Waals surface area contributed by atoms with Gasteiger partial charge in [-0.15, -0.1) is 0 Å². The number of fused-ring (bicyclic) bond motifs is 1. The van der Waals surface area contributed by atoms with E-state index in [0.29, 0.717) is 63.3 Å². The predicted molar refractivity (Wildman–Crippen MR) is 147 cm³/mol. The first-order valence-corrected chi connectivity index (χ1v) is 15.2. The average Bonchev–Trinajstić information content (AvgIpc) is 3.34. The quantitative estimate of drug-likeness (QED) is 0.461. The molecular weight excluding hydrogens is 508 g/mol. The monoisotopic (exact) mass is 542 g/mol. The minimum Gasteiger partial charge on any atom is -0.492 e. The molecule has 2 atom stereocenters. The van der Waals surface area contributed by atoms with Crippen LogP contribution < -0.4 is 9.64 Å². The maximum Gasteiger partial charge on any atom is 0.253 e. The molecule has 0 N–H and O–H groups in total. The van der Waals surface area contributed by atoms with Gasteiger partial charge in [0.1, 0.15) is 11.3 Å². The smallest absolute Gasteiger partial charge is 0.253 e. The molecule has 3 aromatic rings. The topological polar surface area (TPSA) is 83.0 Å². The number of piperazine rings is 1. The van der Waals surface area contributed by atoms with Crippen LogP contribution in [0.3, 0.4) is 0 Å². The lowest BCUT2D eigenvalue weighted by molar-refractivity contribution is 0.0746. The molecule has 37 heavy (non-hydrogen) atoms. The van der Waals surface area contributed by atoms with Crippen molar-refractivity contribution in [3.63, 3.8) is 0 Å². The lowest BCUT2D eigenvalue weighted by Crippen LogP contribution is -2.48. The van der Waals surface area contributed by atoms with Crippen LogP contribution in [0.4, 0.5) is 5.13 Å². The van der Waals surface area contributed by atoms with E-state index < -0.39 is 10.0 Å². The molecule has 1 aromatic heterocycles. The second-order valence-corrected chi connectivity index (χ2v) is 13.1. The number of rotatable bonds is 6. The van der Waals surface area contributed by atoms with Crippen molar-refractivity contribution < 1.29 is 17.9 Å². The Morgan fingerprint density at radius 2 is 1.70 bits per heavy atom. The number of anilines is 1. The number of nitrogens with zero attached hydrogens (tertiary/aromatic N) is 4. The van der Waals surface area contributed by atoms with Gasteiger partial charge in [0.2, 0.25) is 10.0 Å². The highest BCUT2D eigenvalue weighted by atomic mass is 32.2. The molecule has 0 bridgehead atoms. The number of carbonyl (C=O) groups excluding carboxylic acids is 1. The van der Waals surface area contributed by atoms with Gasteiger partial charge in [-0.05, 0) is 61.6 Å². The van der Waals surface area contributed by atoms with Crippen LogP contribution in [0.5, 0.6) is 5.75 Å². The van der Waals surface area contributed by atoms with E-state index in [-0.39, 0.29) is 10.8 Å². The van der Waals surface area contributed by atoms with Gasteiger partial charge >= 0.3 is 0 Å². The Labute approximate surface area is 222 Å². The molecule has 5 rings (SSSR count). The van der Waals surface area contributed by atoms with Gasteiger partial charge in [0.25, 0.3) is 5.91 Å². The van der Waals surface area contributed by atoms with Crippen molar-refractivity contribution in [3.8, 4) is 5.75 Å². The molecule has 0 saturated carbocycles. The average molecular weight is 543 g/mol. The van der Waals surface area contributed by atoms with E-state index in [9.17, 15) is 13.2 Å². The van der Waals surface area contributed by atoms with Crippen LogP contribution in [0.2, 0.25) is 0 Å². The molecule has 3 heterocycles. The Morgan fingerprint density at radius 1 is 1.03 bits per heavy atom. The van der Waals surface area contributed by atoms with E-state index in [1.807, 2.05) is 24.0 Å².